The maximum Gasteiger partial charge on any atom is 0.246 e. The molecule has 0 amide bonds. The summed E-state index contributed by atoms with van der Waals surface area (Å²) < 4.78 is 13.6. The maximum absolute atomic E-state index is 5.55. The smallest absolute Gasteiger partial charge is 0.246 e. The van der Waals surface area contributed by atoms with Crippen molar-refractivity contribution >= 4 is 11.3 Å². The first-order valence-corrected chi connectivity index (χ1v) is 9.82. The highest BCUT2D eigenvalue weighted by Gasteiger charge is 2.61. The van der Waals surface area contributed by atoms with E-state index in [9.17, 15) is 0 Å². The zero-order chi connectivity index (χ0) is 17.3. The van der Waals surface area contributed by atoms with Gasteiger partial charge in [0.25, 0.3) is 0 Å². The van der Waals surface area contributed by atoms with Gasteiger partial charge in [0.1, 0.15) is 0 Å². The largest absolute Gasteiger partial charge is 0.472 e. The highest BCUT2D eigenvalue weighted by atomic mass is 32.1. The molecule has 5 heterocycles. The molecule has 0 radical (unpaired) electrons. The first-order valence-electron chi connectivity index (χ1n) is 8.94. The Hall–Kier alpha value is -2.59. The zero-order valence-corrected chi connectivity index (χ0v) is 15.2. The van der Waals surface area contributed by atoms with Gasteiger partial charge in [0.15, 0.2) is 11.7 Å². The lowest BCUT2D eigenvalue weighted by Crippen LogP contribution is -2.59. The van der Waals surface area contributed by atoms with Crippen molar-refractivity contribution in [1.82, 2.24) is 0 Å². The third-order valence-electron chi connectivity index (χ3n) is 6.27. The Morgan fingerprint density at radius 2 is 1.69 bits per heavy atom. The molecule has 0 N–H and O–H groups in total. The fraction of sp³-hybridized carbons (Fsp3) is 0.227. The molecular formula is C22H18NO2S+. The number of rotatable bonds is 2. The molecule has 3 nitrogen and oxygen atoms in total. The second-order valence-electron chi connectivity index (χ2n) is 7.36. The van der Waals surface area contributed by atoms with E-state index in [1.165, 1.54) is 33.0 Å². The molecule has 7 rings (SSSR count). The standard InChI is InChI=1S/C22H18NO2S/c1-14-13-26-21-20-18-5-3-2-4-17(18)19(23(14)21)10-22(20,15-6-8-24-11-15)16-7-9-25-12-16/h2-9,11-13,19-20H,10H2,1H3/q+1. The van der Waals surface area contributed by atoms with Crippen molar-refractivity contribution in [2.45, 2.75) is 30.7 Å². The van der Waals surface area contributed by atoms with Crippen LogP contribution in [-0.4, -0.2) is 0 Å². The van der Waals surface area contributed by atoms with Crippen LogP contribution in [0.25, 0.3) is 0 Å². The van der Waals surface area contributed by atoms with E-state index in [1.807, 2.05) is 23.9 Å². The van der Waals surface area contributed by atoms with Crippen LogP contribution in [-0.2, 0) is 5.41 Å². The van der Waals surface area contributed by atoms with Crippen molar-refractivity contribution in [3.8, 4) is 0 Å². The fourth-order valence-corrected chi connectivity index (χ4v) is 6.52. The van der Waals surface area contributed by atoms with Gasteiger partial charge in [-0.25, -0.2) is 0 Å². The van der Waals surface area contributed by atoms with Crippen LogP contribution >= 0.6 is 11.3 Å². The van der Waals surface area contributed by atoms with Crippen LogP contribution in [0, 0.1) is 6.92 Å². The fourth-order valence-electron chi connectivity index (χ4n) is 5.26. The Bertz CT molecular complexity index is 1060. The number of fused-ring (bicyclic) bond motifs is 1. The Labute approximate surface area is 155 Å². The molecule has 0 fully saturated rings. The van der Waals surface area contributed by atoms with Gasteiger partial charge >= 0.3 is 0 Å². The molecule has 128 valence electrons. The number of nitrogens with zero attached hydrogens (tertiary/aromatic N) is 1. The van der Waals surface area contributed by atoms with Crippen LogP contribution in [0.1, 0.15) is 51.3 Å². The second-order valence-corrected chi connectivity index (χ2v) is 8.25. The molecule has 0 spiro atoms. The van der Waals surface area contributed by atoms with Crippen LogP contribution in [0.3, 0.4) is 0 Å². The predicted molar refractivity (Wildman–Crippen MR) is 98.5 cm³/mol. The second kappa shape index (κ2) is 4.98. The van der Waals surface area contributed by atoms with Crippen LogP contribution in [0.5, 0.6) is 0 Å². The van der Waals surface area contributed by atoms with Gasteiger partial charge in [-0.1, -0.05) is 35.6 Å². The molecule has 2 bridgehead atoms. The van der Waals surface area contributed by atoms with Gasteiger partial charge in [0.05, 0.1) is 41.8 Å². The zero-order valence-electron chi connectivity index (χ0n) is 14.4. The maximum atomic E-state index is 5.55. The summed E-state index contributed by atoms with van der Waals surface area (Å²) in [5.74, 6) is 0.262. The Balaban J connectivity index is 1.73. The Kier molecular flexibility index (Phi) is 2.79. The number of furan rings is 2. The number of thiazole rings is 1. The highest BCUT2D eigenvalue weighted by Crippen LogP contribution is 2.60. The molecule has 0 saturated heterocycles. The average Bonchev–Trinajstić information content (AvgIpc) is 3.44. The lowest BCUT2D eigenvalue weighted by Gasteiger charge is -2.47. The molecule has 2 aliphatic heterocycles. The van der Waals surface area contributed by atoms with Crippen molar-refractivity contribution in [3.63, 3.8) is 0 Å². The summed E-state index contributed by atoms with van der Waals surface area (Å²) in [7, 11) is 0. The molecular weight excluding hydrogens is 342 g/mol. The third kappa shape index (κ3) is 1.61. The van der Waals surface area contributed by atoms with Crippen molar-refractivity contribution in [2.75, 3.05) is 0 Å². The monoisotopic (exact) mass is 360 g/mol. The summed E-state index contributed by atoms with van der Waals surface area (Å²) in [6.07, 6.45) is 8.43. The van der Waals surface area contributed by atoms with Crippen molar-refractivity contribution in [3.05, 3.63) is 99.8 Å². The van der Waals surface area contributed by atoms with Crippen LogP contribution < -0.4 is 4.57 Å². The van der Waals surface area contributed by atoms with Crippen molar-refractivity contribution < 1.29 is 13.4 Å². The molecule has 1 aliphatic carbocycles. The van der Waals surface area contributed by atoms with Crippen LogP contribution in [0.15, 0.2) is 75.7 Å². The average molecular weight is 360 g/mol. The highest BCUT2D eigenvalue weighted by molar-refractivity contribution is 7.09. The molecule has 1 aromatic carbocycles. The minimum atomic E-state index is -0.156. The predicted octanol–water partition coefficient (Wildman–Crippen LogP) is 4.95. The molecule has 2 unspecified atom stereocenters. The van der Waals surface area contributed by atoms with Gasteiger partial charge in [-0.05, 0) is 17.7 Å². The number of aromatic nitrogens is 1. The third-order valence-corrected chi connectivity index (χ3v) is 7.41. The van der Waals surface area contributed by atoms with Gasteiger partial charge in [-0.15, -0.1) is 0 Å². The number of benzene rings is 1. The Morgan fingerprint density at radius 3 is 2.35 bits per heavy atom. The molecule has 4 heteroatoms. The van der Waals surface area contributed by atoms with Gasteiger partial charge in [-0.2, -0.15) is 4.57 Å². The molecule has 3 aromatic heterocycles. The lowest BCUT2D eigenvalue weighted by atomic mass is 9.55. The number of hydrogen-bond donors (Lipinski definition) is 0. The number of hydrogen-bond acceptors (Lipinski definition) is 3. The van der Waals surface area contributed by atoms with E-state index in [1.54, 1.807) is 12.5 Å². The normalized spacial score (nSPS) is 22.2. The molecule has 2 atom stereocenters. The first kappa shape index (κ1) is 14.6. The summed E-state index contributed by atoms with van der Waals surface area (Å²) >= 11 is 1.88. The van der Waals surface area contributed by atoms with E-state index in [2.05, 4.69) is 53.3 Å². The quantitative estimate of drug-likeness (QED) is 0.473. The molecule has 3 aliphatic rings. The van der Waals surface area contributed by atoms with E-state index >= 15 is 0 Å². The summed E-state index contributed by atoms with van der Waals surface area (Å²) in [6, 6.07) is 13.5. The first-order chi connectivity index (χ1) is 12.8. The summed E-state index contributed by atoms with van der Waals surface area (Å²) in [6.45, 7) is 2.22. The molecule has 4 aromatic rings. The summed E-state index contributed by atoms with van der Waals surface area (Å²) in [5.41, 5.74) is 6.56. The van der Waals surface area contributed by atoms with Gasteiger partial charge in [-0.3, -0.25) is 0 Å². The summed E-state index contributed by atoms with van der Waals surface area (Å²) in [5, 5.41) is 3.72. The minimum Gasteiger partial charge on any atom is -0.472 e. The van der Waals surface area contributed by atoms with Crippen molar-refractivity contribution in [1.29, 1.82) is 0 Å². The lowest BCUT2D eigenvalue weighted by molar-refractivity contribution is -0.732. The van der Waals surface area contributed by atoms with E-state index in [0.29, 0.717) is 6.04 Å². The SMILES string of the molecule is Cc1csc2[n+]1C1CC(c3ccoc3)(c3ccoc3)C2c2ccccc21. The van der Waals surface area contributed by atoms with E-state index < -0.39 is 0 Å². The van der Waals surface area contributed by atoms with Gasteiger partial charge in [0, 0.05) is 30.0 Å². The van der Waals surface area contributed by atoms with E-state index in [-0.39, 0.29) is 11.3 Å². The van der Waals surface area contributed by atoms with E-state index in [0.717, 1.165) is 6.42 Å². The summed E-state index contributed by atoms with van der Waals surface area (Å²) in [4.78, 5) is 0. The van der Waals surface area contributed by atoms with Crippen LogP contribution in [0.2, 0.25) is 0 Å². The minimum absolute atomic E-state index is 0.156. The van der Waals surface area contributed by atoms with E-state index in [4.69, 9.17) is 8.83 Å². The van der Waals surface area contributed by atoms with Gasteiger partial charge < -0.3 is 8.83 Å². The molecule has 26 heavy (non-hydrogen) atoms. The molecule has 0 saturated carbocycles. The van der Waals surface area contributed by atoms with Crippen molar-refractivity contribution in [2.24, 2.45) is 0 Å². The Morgan fingerprint density at radius 1 is 1.00 bits per heavy atom. The van der Waals surface area contributed by atoms with Crippen LogP contribution in [0.4, 0.5) is 0 Å². The topological polar surface area (TPSA) is 30.2 Å². The van der Waals surface area contributed by atoms with Gasteiger partial charge in [0.2, 0.25) is 5.01 Å². The number of aryl methyl sites for hydroxylation is 1.